The van der Waals surface area contributed by atoms with Gasteiger partial charge in [-0.15, -0.1) is 0 Å². The molecule has 1 aromatic carbocycles. The molecular formula is C12H14O4. The third kappa shape index (κ3) is 4.14. The maximum atomic E-state index is 10.3. The van der Waals surface area contributed by atoms with Crippen LogP contribution < -0.4 is 4.74 Å². The van der Waals surface area contributed by atoms with Crippen molar-refractivity contribution in [2.75, 3.05) is 0 Å². The summed E-state index contributed by atoms with van der Waals surface area (Å²) >= 11 is 0. The van der Waals surface area contributed by atoms with Crippen LogP contribution in [0.15, 0.2) is 30.3 Å². The summed E-state index contributed by atoms with van der Waals surface area (Å²) in [6.07, 6.45) is 2.26. The SMILES string of the molecule is CCC(O)Oc1ccc(/C=C/C(=O)O)cc1. The number of aliphatic carboxylic acids is 1. The predicted molar refractivity (Wildman–Crippen MR) is 60.0 cm³/mol. The quantitative estimate of drug-likeness (QED) is 0.589. The Morgan fingerprint density at radius 3 is 2.56 bits per heavy atom. The first-order valence-corrected chi connectivity index (χ1v) is 4.97. The average molecular weight is 222 g/mol. The Morgan fingerprint density at radius 1 is 1.44 bits per heavy atom. The molecule has 0 bridgehead atoms. The highest BCUT2D eigenvalue weighted by Crippen LogP contribution is 2.14. The van der Waals surface area contributed by atoms with Crippen LogP contribution in [-0.2, 0) is 4.79 Å². The summed E-state index contributed by atoms with van der Waals surface area (Å²) < 4.78 is 5.16. The van der Waals surface area contributed by atoms with Gasteiger partial charge in [0, 0.05) is 12.5 Å². The smallest absolute Gasteiger partial charge is 0.328 e. The lowest BCUT2D eigenvalue weighted by molar-refractivity contribution is -0.131. The van der Waals surface area contributed by atoms with Crippen LogP contribution in [0.4, 0.5) is 0 Å². The molecule has 0 heterocycles. The molecule has 4 heteroatoms. The zero-order valence-corrected chi connectivity index (χ0v) is 8.96. The van der Waals surface area contributed by atoms with Gasteiger partial charge in [-0.2, -0.15) is 0 Å². The van der Waals surface area contributed by atoms with E-state index in [9.17, 15) is 9.90 Å². The summed E-state index contributed by atoms with van der Waals surface area (Å²) in [7, 11) is 0. The fourth-order valence-electron chi connectivity index (χ4n) is 1.07. The van der Waals surface area contributed by atoms with E-state index in [1.807, 2.05) is 6.92 Å². The minimum Gasteiger partial charge on any atom is -0.478 e. The molecule has 4 nitrogen and oxygen atoms in total. The first-order chi connectivity index (χ1) is 7.61. The van der Waals surface area contributed by atoms with Gasteiger partial charge in [-0.05, 0) is 23.8 Å². The van der Waals surface area contributed by atoms with Gasteiger partial charge in [0.15, 0.2) is 6.29 Å². The molecule has 0 amide bonds. The molecule has 2 N–H and O–H groups in total. The number of hydrogen-bond acceptors (Lipinski definition) is 3. The Kier molecular flexibility index (Phi) is 4.54. The Hall–Kier alpha value is -1.81. The molecule has 1 atom stereocenters. The first kappa shape index (κ1) is 12.3. The number of hydrogen-bond donors (Lipinski definition) is 2. The highest BCUT2D eigenvalue weighted by Gasteiger charge is 2.01. The lowest BCUT2D eigenvalue weighted by Gasteiger charge is -2.10. The standard InChI is InChI=1S/C12H14O4/c1-2-12(15)16-10-6-3-9(4-7-10)5-8-11(13)14/h3-8,12,15H,2H2,1H3,(H,13,14)/b8-5+. The van der Waals surface area contributed by atoms with Crippen LogP contribution in [0.1, 0.15) is 18.9 Å². The minimum absolute atomic E-state index is 0.515. The predicted octanol–water partition coefficient (Wildman–Crippen LogP) is 1.89. The van der Waals surface area contributed by atoms with E-state index in [1.165, 1.54) is 6.08 Å². The molecular weight excluding hydrogens is 208 g/mol. The fourth-order valence-corrected chi connectivity index (χ4v) is 1.07. The number of carboxylic acid groups (broad SMARTS) is 1. The lowest BCUT2D eigenvalue weighted by atomic mass is 10.2. The van der Waals surface area contributed by atoms with E-state index >= 15 is 0 Å². The van der Waals surface area contributed by atoms with Crippen molar-refractivity contribution in [2.45, 2.75) is 19.6 Å². The van der Waals surface area contributed by atoms with E-state index in [1.54, 1.807) is 24.3 Å². The second-order valence-electron chi connectivity index (χ2n) is 3.22. The number of ether oxygens (including phenoxy) is 1. The third-order valence-electron chi connectivity index (χ3n) is 1.92. The molecule has 86 valence electrons. The number of aliphatic hydroxyl groups is 1. The van der Waals surface area contributed by atoms with E-state index in [2.05, 4.69) is 0 Å². The van der Waals surface area contributed by atoms with E-state index in [4.69, 9.17) is 9.84 Å². The monoisotopic (exact) mass is 222 g/mol. The van der Waals surface area contributed by atoms with Crippen LogP contribution in [0.3, 0.4) is 0 Å². The summed E-state index contributed by atoms with van der Waals surface area (Å²) in [5.41, 5.74) is 0.765. The molecule has 1 rings (SSSR count). The number of carbonyl (C=O) groups is 1. The first-order valence-electron chi connectivity index (χ1n) is 4.97. The number of rotatable bonds is 5. The maximum absolute atomic E-state index is 10.3. The average Bonchev–Trinajstić information content (AvgIpc) is 2.28. The van der Waals surface area contributed by atoms with Crippen LogP contribution in [0.5, 0.6) is 5.75 Å². The van der Waals surface area contributed by atoms with Gasteiger partial charge in [0.2, 0.25) is 0 Å². The molecule has 0 aliphatic rings. The summed E-state index contributed by atoms with van der Waals surface area (Å²) in [6.45, 7) is 1.81. The summed E-state index contributed by atoms with van der Waals surface area (Å²) in [5.74, 6) is -0.427. The number of carboxylic acids is 1. The van der Waals surface area contributed by atoms with Crippen molar-refractivity contribution in [1.29, 1.82) is 0 Å². The zero-order chi connectivity index (χ0) is 12.0. The Bertz CT molecular complexity index is 367. The van der Waals surface area contributed by atoms with Gasteiger partial charge in [0.25, 0.3) is 0 Å². The lowest BCUT2D eigenvalue weighted by Crippen LogP contribution is -2.13. The summed E-state index contributed by atoms with van der Waals surface area (Å²) in [5, 5.41) is 17.7. The van der Waals surface area contributed by atoms with Crippen molar-refractivity contribution in [3.8, 4) is 5.75 Å². The van der Waals surface area contributed by atoms with E-state index < -0.39 is 12.3 Å². The molecule has 16 heavy (non-hydrogen) atoms. The van der Waals surface area contributed by atoms with Gasteiger partial charge < -0.3 is 14.9 Å². The molecule has 0 spiro atoms. The van der Waals surface area contributed by atoms with E-state index in [0.29, 0.717) is 12.2 Å². The van der Waals surface area contributed by atoms with Crippen molar-refractivity contribution in [3.05, 3.63) is 35.9 Å². The second-order valence-corrected chi connectivity index (χ2v) is 3.22. The largest absolute Gasteiger partial charge is 0.478 e. The fraction of sp³-hybridized carbons (Fsp3) is 0.250. The van der Waals surface area contributed by atoms with Gasteiger partial charge in [0.05, 0.1) is 0 Å². The minimum atomic E-state index is -0.985. The van der Waals surface area contributed by atoms with Gasteiger partial charge in [0.1, 0.15) is 5.75 Å². The van der Waals surface area contributed by atoms with Crippen LogP contribution in [0.2, 0.25) is 0 Å². The molecule has 0 aliphatic carbocycles. The molecule has 0 radical (unpaired) electrons. The highest BCUT2D eigenvalue weighted by molar-refractivity contribution is 5.85. The van der Waals surface area contributed by atoms with Crippen LogP contribution >= 0.6 is 0 Å². The van der Waals surface area contributed by atoms with E-state index in [-0.39, 0.29) is 0 Å². The molecule has 0 saturated carbocycles. The van der Waals surface area contributed by atoms with Crippen LogP contribution in [0.25, 0.3) is 6.08 Å². The van der Waals surface area contributed by atoms with Crippen molar-refractivity contribution >= 4 is 12.0 Å². The topological polar surface area (TPSA) is 66.8 Å². The zero-order valence-electron chi connectivity index (χ0n) is 8.96. The Balaban J connectivity index is 2.64. The van der Waals surface area contributed by atoms with Crippen molar-refractivity contribution in [1.82, 2.24) is 0 Å². The Morgan fingerprint density at radius 2 is 2.06 bits per heavy atom. The highest BCUT2D eigenvalue weighted by atomic mass is 16.6. The molecule has 1 unspecified atom stereocenters. The number of aliphatic hydroxyl groups excluding tert-OH is 1. The maximum Gasteiger partial charge on any atom is 0.328 e. The summed E-state index contributed by atoms with van der Waals surface area (Å²) in [6, 6.07) is 6.80. The number of benzene rings is 1. The molecule has 0 aliphatic heterocycles. The van der Waals surface area contributed by atoms with Crippen molar-refractivity contribution in [2.24, 2.45) is 0 Å². The van der Waals surface area contributed by atoms with Crippen molar-refractivity contribution in [3.63, 3.8) is 0 Å². The van der Waals surface area contributed by atoms with Gasteiger partial charge in [-0.1, -0.05) is 19.1 Å². The van der Waals surface area contributed by atoms with Crippen molar-refractivity contribution < 1.29 is 19.7 Å². The second kappa shape index (κ2) is 5.92. The Labute approximate surface area is 93.8 Å². The van der Waals surface area contributed by atoms with Gasteiger partial charge in [-0.25, -0.2) is 4.79 Å². The van der Waals surface area contributed by atoms with Crippen LogP contribution in [-0.4, -0.2) is 22.5 Å². The molecule has 1 aromatic rings. The van der Waals surface area contributed by atoms with Gasteiger partial charge >= 0.3 is 5.97 Å². The molecule has 0 saturated heterocycles. The molecule has 0 fully saturated rings. The normalized spacial score (nSPS) is 12.6. The van der Waals surface area contributed by atoms with E-state index in [0.717, 1.165) is 11.6 Å². The molecule has 0 aromatic heterocycles. The summed E-state index contributed by atoms with van der Waals surface area (Å²) in [4.78, 5) is 10.3. The third-order valence-corrected chi connectivity index (χ3v) is 1.92. The van der Waals surface area contributed by atoms with Crippen LogP contribution in [0, 0.1) is 0 Å². The van der Waals surface area contributed by atoms with Gasteiger partial charge in [-0.3, -0.25) is 0 Å².